The standard InChI is InChI=1S/C20H23F3N2O4/c1-2-9-28-10-5-3-4-8-25-12-13(11-16(19(25)26)29-20(24)27)17-14(21)6-7-15(22)18(17)23/h1,6-7,13,16H,3-5,8-12H2,(H2,24,27). The molecule has 158 valence electrons. The number of hydrogen-bond donors (Lipinski definition) is 1. The Bertz CT molecular complexity index is 782. The summed E-state index contributed by atoms with van der Waals surface area (Å²) in [4.78, 5) is 25.0. The molecule has 1 heterocycles. The summed E-state index contributed by atoms with van der Waals surface area (Å²) >= 11 is 0. The van der Waals surface area contributed by atoms with E-state index >= 15 is 0 Å². The minimum atomic E-state index is -1.31. The van der Waals surface area contributed by atoms with Crippen molar-refractivity contribution < 1.29 is 32.2 Å². The van der Waals surface area contributed by atoms with Gasteiger partial charge in [0.2, 0.25) is 0 Å². The van der Waals surface area contributed by atoms with E-state index < -0.39 is 47.0 Å². The fraction of sp³-hybridized carbons (Fsp3) is 0.500. The van der Waals surface area contributed by atoms with E-state index in [1.54, 1.807) is 0 Å². The van der Waals surface area contributed by atoms with Crippen LogP contribution in [0.2, 0.25) is 0 Å². The molecule has 0 aromatic heterocycles. The van der Waals surface area contributed by atoms with E-state index in [1.165, 1.54) is 4.90 Å². The molecule has 6 nitrogen and oxygen atoms in total. The zero-order valence-electron chi connectivity index (χ0n) is 15.8. The molecule has 2 atom stereocenters. The Balaban J connectivity index is 2.08. The van der Waals surface area contributed by atoms with Crippen molar-refractivity contribution in [2.45, 2.75) is 37.7 Å². The summed E-state index contributed by atoms with van der Waals surface area (Å²) in [6.07, 6.45) is 4.48. The number of primary amides is 1. The van der Waals surface area contributed by atoms with Crippen LogP contribution in [0.3, 0.4) is 0 Å². The van der Waals surface area contributed by atoms with Gasteiger partial charge in [-0.1, -0.05) is 5.92 Å². The summed E-state index contributed by atoms with van der Waals surface area (Å²) in [6.45, 7) is 0.959. The average Bonchev–Trinajstić information content (AvgIpc) is 2.67. The summed E-state index contributed by atoms with van der Waals surface area (Å²) < 4.78 is 52.1. The van der Waals surface area contributed by atoms with Crippen molar-refractivity contribution in [3.05, 3.63) is 35.1 Å². The molecule has 0 radical (unpaired) electrons. The van der Waals surface area contributed by atoms with Crippen molar-refractivity contribution >= 4 is 12.0 Å². The molecule has 1 aliphatic rings. The van der Waals surface area contributed by atoms with Crippen LogP contribution in [-0.4, -0.2) is 49.3 Å². The molecule has 0 saturated carbocycles. The molecular formula is C20H23F3N2O4. The lowest BCUT2D eigenvalue weighted by atomic mass is 9.87. The fourth-order valence-electron chi connectivity index (χ4n) is 3.37. The first-order valence-corrected chi connectivity index (χ1v) is 9.24. The van der Waals surface area contributed by atoms with Gasteiger partial charge in [0, 0.05) is 37.6 Å². The highest BCUT2D eigenvalue weighted by Gasteiger charge is 2.39. The second-order valence-corrected chi connectivity index (χ2v) is 6.72. The summed E-state index contributed by atoms with van der Waals surface area (Å²) in [5.41, 5.74) is 4.54. The minimum absolute atomic E-state index is 0.0255. The maximum absolute atomic E-state index is 14.2. The summed E-state index contributed by atoms with van der Waals surface area (Å²) in [5, 5.41) is 0. The third-order valence-corrected chi connectivity index (χ3v) is 4.67. The fourth-order valence-corrected chi connectivity index (χ4v) is 3.37. The van der Waals surface area contributed by atoms with E-state index in [4.69, 9.17) is 21.6 Å². The highest BCUT2D eigenvalue weighted by Crippen LogP contribution is 2.33. The molecule has 0 spiro atoms. The van der Waals surface area contributed by atoms with Crippen LogP contribution in [0, 0.1) is 29.8 Å². The monoisotopic (exact) mass is 412 g/mol. The van der Waals surface area contributed by atoms with Gasteiger partial charge < -0.3 is 20.1 Å². The van der Waals surface area contributed by atoms with Gasteiger partial charge in [-0.2, -0.15) is 0 Å². The van der Waals surface area contributed by atoms with Crippen molar-refractivity contribution in [2.24, 2.45) is 5.73 Å². The molecule has 1 aliphatic heterocycles. The quantitative estimate of drug-likeness (QED) is 0.384. The second kappa shape index (κ2) is 10.7. The first-order chi connectivity index (χ1) is 13.8. The first kappa shape index (κ1) is 22.6. The highest BCUT2D eigenvalue weighted by molar-refractivity contribution is 5.84. The van der Waals surface area contributed by atoms with E-state index in [-0.39, 0.29) is 26.1 Å². The molecule has 1 aromatic rings. The third kappa shape index (κ3) is 6.12. The molecule has 9 heteroatoms. The van der Waals surface area contributed by atoms with Gasteiger partial charge in [-0.3, -0.25) is 4.79 Å². The lowest BCUT2D eigenvalue weighted by Crippen LogP contribution is -2.50. The molecule has 1 aromatic carbocycles. The number of rotatable bonds is 9. The van der Waals surface area contributed by atoms with Crippen LogP contribution in [0.15, 0.2) is 12.1 Å². The van der Waals surface area contributed by atoms with Crippen LogP contribution in [0.4, 0.5) is 18.0 Å². The number of nitrogens with two attached hydrogens (primary N) is 1. The lowest BCUT2D eigenvalue weighted by Gasteiger charge is -2.37. The number of likely N-dealkylation sites (tertiary alicyclic amines) is 1. The van der Waals surface area contributed by atoms with Crippen LogP contribution in [0.25, 0.3) is 0 Å². The second-order valence-electron chi connectivity index (χ2n) is 6.72. The van der Waals surface area contributed by atoms with Crippen LogP contribution in [0.5, 0.6) is 0 Å². The van der Waals surface area contributed by atoms with Crippen LogP contribution in [-0.2, 0) is 14.3 Å². The molecule has 0 aliphatic carbocycles. The van der Waals surface area contributed by atoms with Gasteiger partial charge in [-0.05, 0) is 31.4 Å². The topological polar surface area (TPSA) is 81.9 Å². The molecule has 2 unspecified atom stereocenters. The van der Waals surface area contributed by atoms with Crippen LogP contribution >= 0.6 is 0 Å². The van der Waals surface area contributed by atoms with Crippen LogP contribution < -0.4 is 5.73 Å². The Morgan fingerprint density at radius 3 is 2.66 bits per heavy atom. The lowest BCUT2D eigenvalue weighted by molar-refractivity contribution is -0.144. The van der Waals surface area contributed by atoms with E-state index in [0.29, 0.717) is 19.1 Å². The third-order valence-electron chi connectivity index (χ3n) is 4.67. The van der Waals surface area contributed by atoms with Gasteiger partial charge in [0.25, 0.3) is 5.91 Å². The van der Waals surface area contributed by atoms with Crippen molar-refractivity contribution in [2.75, 3.05) is 26.3 Å². The van der Waals surface area contributed by atoms with Gasteiger partial charge in [-0.15, -0.1) is 6.42 Å². The van der Waals surface area contributed by atoms with E-state index in [2.05, 4.69) is 5.92 Å². The predicted octanol–water partition coefficient (Wildman–Crippen LogP) is 2.70. The van der Waals surface area contributed by atoms with Crippen molar-refractivity contribution in [3.8, 4) is 12.3 Å². The molecule has 29 heavy (non-hydrogen) atoms. The number of amides is 2. The van der Waals surface area contributed by atoms with Crippen molar-refractivity contribution in [3.63, 3.8) is 0 Å². The van der Waals surface area contributed by atoms with E-state index in [0.717, 1.165) is 18.9 Å². The van der Waals surface area contributed by atoms with Gasteiger partial charge in [0.15, 0.2) is 17.7 Å². The smallest absolute Gasteiger partial charge is 0.405 e. The molecular weight excluding hydrogens is 389 g/mol. The summed E-state index contributed by atoms with van der Waals surface area (Å²) in [6, 6.07) is 1.52. The SMILES string of the molecule is C#CCOCCCCCN1CC(c2c(F)ccc(F)c2F)CC(OC(N)=O)C1=O. The molecule has 1 saturated heterocycles. The number of ether oxygens (including phenoxy) is 2. The average molecular weight is 412 g/mol. The van der Waals surface area contributed by atoms with Crippen molar-refractivity contribution in [1.82, 2.24) is 4.90 Å². The van der Waals surface area contributed by atoms with Gasteiger partial charge in [-0.25, -0.2) is 18.0 Å². The Hall–Kier alpha value is -2.73. The number of terminal acetylenes is 1. The number of unbranched alkanes of at least 4 members (excludes halogenated alkanes) is 2. The molecule has 1 fully saturated rings. The Labute approximate surface area is 167 Å². The van der Waals surface area contributed by atoms with Gasteiger partial charge in [0.1, 0.15) is 12.4 Å². The van der Waals surface area contributed by atoms with E-state index in [9.17, 15) is 22.8 Å². The molecule has 2 amide bonds. The Morgan fingerprint density at radius 1 is 1.24 bits per heavy atom. The minimum Gasteiger partial charge on any atom is -0.436 e. The Kier molecular flexibility index (Phi) is 8.34. The Morgan fingerprint density at radius 2 is 1.97 bits per heavy atom. The number of nitrogens with zero attached hydrogens (tertiary/aromatic N) is 1. The number of carbonyl (C=O) groups is 2. The maximum Gasteiger partial charge on any atom is 0.405 e. The number of benzene rings is 1. The number of halogens is 3. The zero-order chi connectivity index (χ0) is 21.4. The zero-order valence-corrected chi connectivity index (χ0v) is 15.8. The number of carbonyl (C=O) groups excluding carboxylic acids is 2. The van der Waals surface area contributed by atoms with Crippen molar-refractivity contribution in [1.29, 1.82) is 0 Å². The molecule has 2 N–H and O–H groups in total. The molecule has 2 rings (SSSR count). The summed E-state index contributed by atoms with van der Waals surface area (Å²) in [5.74, 6) is -2.45. The van der Waals surface area contributed by atoms with Crippen LogP contribution in [0.1, 0.15) is 37.2 Å². The largest absolute Gasteiger partial charge is 0.436 e. The van der Waals surface area contributed by atoms with E-state index in [1.807, 2.05) is 0 Å². The van der Waals surface area contributed by atoms with Gasteiger partial charge in [0.05, 0.1) is 0 Å². The maximum atomic E-state index is 14.2. The predicted molar refractivity (Wildman–Crippen MR) is 98.2 cm³/mol. The van der Waals surface area contributed by atoms with Gasteiger partial charge >= 0.3 is 6.09 Å². The number of piperidine rings is 1. The highest BCUT2D eigenvalue weighted by atomic mass is 19.2. The summed E-state index contributed by atoms with van der Waals surface area (Å²) in [7, 11) is 0. The normalized spacial score (nSPS) is 19.1. The number of hydrogen-bond acceptors (Lipinski definition) is 4. The first-order valence-electron chi connectivity index (χ1n) is 9.24. The molecule has 0 bridgehead atoms.